The highest BCUT2D eigenvalue weighted by atomic mass is 35.5. The maximum atomic E-state index is 5.71. The Labute approximate surface area is 88.5 Å². The summed E-state index contributed by atoms with van der Waals surface area (Å²) in [6.45, 7) is 0. The average molecular weight is 219 g/mol. The number of nitrogens with zero attached hydrogens (tertiary/aromatic N) is 2. The van der Waals surface area contributed by atoms with E-state index >= 15 is 0 Å². The second kappa shape index (κ2) is 4.68. The smallest absolute Gasteiger partial charge is 0.0648 e. The molecule has 1 aromatic heterocycles. The molecule has 1 rings (SSSR count). The largest absolute Gasteiger partial charge is 0.378 e. The molecule has 0 saturated carbocycles. The molecule has 2 nitrogen and oxygen atoms in total. The molecule has 0 amide bonds. The summed E-state index contributed by atoms with van der Waals surface area (Å²) in [7, 11) is 3.96. The van der Waals surface area contributed by atoms with Gasteiger partial charge in [0, 0.05) is 19.8 Å². The molecule has 1 aromatic rings. The van der Waals surface area contributed by atoms with Crippen molar-refractivity contribution in [3.8, 4) is 0 Å². The zero-order chi connectivity index (χ0) is 9.84. The minimum absolute atomic E-state index is 0.422. The highest BCUT2D eigenvalue weighted by Crippen LogP contribution is 2.16. The quantitative estimate of drug-likeness (QED) is 0.726. The fraction of sp³-hybridized carbons (Fsp3) is 0.444. The molecule has 0 aliphatic rings. The van der Waals surface area contributed by atoms with Gasteiger partial charge in [0.2, 0.25) is 0 Å². The Kier molecular flexibility index (Phi) is 3.82. The minimum atomic E-state index is 0.422. The highest BCUT2D eigenvalue weighted by molar-refractivity contribution is 6.17. The summed E-state index contributed by atoms with van der Waals surface area (Å²) in [4.78, 5) is 6.27. The van der Waals surface area contributed by atoms with Crippen LogP contribution < -0.4 is 4.90 Å². The lowest BCUT2D eigenvalue weighted by atomic mass is 10.2. The molecule has 0 bridgehead atoms. The van der Waals surface area contributed by atoms with Crippen molar-refractivity contribution in [2.45, 2.75) is 11.8 Å². The van der Waals surface area contributed by atoms with Crippen LogP contribution in [0.1, 0.15) is 11.4 Å². The number of hydrogen-bond donors (Lipinski definition) is 0. The van der Waals surface area contributed by atoms with Gasteiger partial charge in [-0.05, 0) is 12.1 Å². The van der Waals surface area contributed by atoms with Crippen LogP contribution in [-0.2, 0) is 11.8 Å². The van der Waals surface area contributed by atoms with Gasteiger partial charge in [0.1, 0.15) is 0 Å². The second-order valence-corrected chi connectivity index (χ2v) is 3.50. The van der Waals surface area contributed by atoms with Gasteiger partial charge in [-0.1, -0.05) is 0 Å². The van der Waals surface area contributed by atoms with Crippen LogP contribution in [0.3, 0.4) is 0 Å². The van der Waals surface area contributed by atoms with Crippen molar-refractivity contribution in [3.63, 3.8) is 0 Å². The molecule has 0 saturated heterocycles. The van der Waals surface area contributed by atoms with Gasteiger partial charge in [-0.15, -0.1) is 23.2 Å². The van der Waals surface area contributed by atoms with Gasteiger partial charge in [0.15, 0.2) is 0 Å². The van der Waals surface area contributed by atoms with E-state index in [9.17, 15) is 0 Å². The zero-order valence-electron chi connectivity index (χ0n) is 7.72. The van der Waals surface area contributed by atoms with Crippen molar-refractivity contribution < 1.29 is 0 Å². The predicted octanol–water partition coefficient (Wildman–Crippen LogP) is 2.63. The van der Waals surface area contributed by atoms with Crippen LogP contribution in [0.15, 0.2) is 12.1 Å². The van der Waals surface area contributed by atoms with Crippen LogP contribution in [0, 0.1) is 0 Å². The number of anilines is 1. The number of rotatable bonds is 3. The molecule has 4 heteroatoms. The molecule has 1 heterocycles. The second-order valence-electron chi connectivity index (χ2n) is 2.97. The predicted molar refractivity (Wildman–Crippen MR) is 57.7 cm³/mol. The zero-order valence-corrected chi connectivity index (χ0v) is 9.23. The molecule has 72 valence electrons. The molecule has 0 fully saturated rings. The molecule has 0 atom stereocenters. The molecular weight excluding hydrogens is 207 g/mol. The van der Waals surface area contributed by atoms with Crippen LogP contribution in [0.4, 0.5) is 5.69 Å². The summed E-state index contributed by atoms with van der Waals surface area (Å²) < 4.78 is 0. The third-order valence-corrected chi connectivity index (χ3v) is 2.25. The van der Waals surface area contributed by atoms with Crippen molar-refractivity contribution in [1.29, 1.82) is 0 Å². The molecule has 0 aliphatic heterocycles. The monoisotopic (exact) mass is 218 g/mol. The maximum Gasteiger partial charge on any atom is 0.0648 e. The summed E-state index contributed by atoms with van der Waals surface area (Å²) >= 11 is 11.4. The lowest BCUT2D eigenvalue weighted by molar-refractivity contribution is 1.05. The number of halogens is 2. The van der Waals surface area contributed by atoms with Gasteiger partial charge in [-0.2, -0.15) is 0 Å². The van der Waals surface area contributed by atoms with Crippen molar-refractivity contribution in [3.05, 3.63) is 23.5 Å². The first-order valence-corrected chi connectivity index (χ1v) is 5.03. The van der Waals surface area contributed by atoms with Crippen molar-refractivity contribution in [2.75, 3.05) is 19.0 Å². The minimum Gasteiger partial charge on any atom is -0.378 e. The Bertz CT molecular complexity index is 265. The molecule has 13 heavy (non-hydrogen) atoms. The van der Waals surface area contributed by atoms with E-state index in [1.807, 2.05) is 31.1 Å². The third kappa shape index (κ3) is 2.75. The van der Waals surface area contributed by atoms with Gasteiger partial charge in [-0.25, -0.2) is 0 Å². The first-order valence-electron chi connectivity index (χ1n) is 3.96. The van der Waals surface area contributed by atoms with Crippen LogP contribution >= 0.6 is 23.2 Å². The SMILES string of the molecule is CN(C)c1cc(CCl)nc(CCl)c1. The van der Waals surface area contributed by atoms with E-state index in [4.69, 9.17) is 23.2 Å². The van der Waals surface area contributed by atoms with Gasteiger partial charge >= 0.3 is 0 Å². The summed E-state index contributed by atoms with van der Waals surface area (Å²) in [6.07, 6.45) is 0. The van der Waals surface area contributed by atoms with Crippen molar-refractivity contribution in [2.24, 2.45) is 0 Å². The van der Waals surface area contributed by atoms with E-state index in [2.05, 4.69) is 4.98 Å². The topological polar surface area (TPSA) is 16.1 Å². The molecular formula is C9H12Cl2N2. The summed E-state index contributed by atoms with van der Waals surface area (Å²) in [6, 6.07) is 3.92. The van der Waals surface area contributed by atoms with E-state index in [1.165, 1.54) is 0 Å². The number of alkyl halides is 2. The molecule has 0 radical (unpaired) electrons. The lowest BCUT2D eigenvalue weighted by Crippen LogP contribution is -2.10. The third-order valence-electron chi connectivity index (χ3n) is 1.71. The Hall–Kier alpha value is -0.470. The number of pyridine rings is 1. The maximum absolute atomic E-state index is 5.71. The van der Waals surface area contributed by atoms with Crippen LogP contribution in [0.5, 0.6) is 0 Å². The van der Waals surface area contributed by atoms with Gasteiger partial charge in [-0.3, -0.25) is 4.98 Å². The molecule has 0 aromatic carbocycles. The number of aromatic nitrogens is 1. The summed E-state index contributed by atoms with van der Waals surface area (Å²) in [5, 5.41) is 0. The van der Waals surface area contributed by atoms with E-state index in [0.29, 0.717) is 11.8 Å². The Morgan fingerprint density at radius 2 is 1.62 bits per heavy atom. The lowest BCUT2D eigenvalue weighted by Gasteiger charge is -2.14. The van der Waals surface area contributed by atoms with E-state index in [-0.39, 0.29) is 0 Å². The summed E-state index contributed by atoms with van der Waals surface area (Å²) in [5.41, 5.74) is 2.81. The fourth-order valence-electron chi connectivity index (χ4n) is 1.03. The van der Waals surface area contributed by atoms with Gasteiger partial charge < -0.3 is 4.90 Å². The number of hydrogen-bond acceptors (Lipinski definition) is 2. The van der Waals surface area contributed by atoms with Gasteiger partial charge in [0.25, 0.3) is 0 Å². The average Bonchev–Trinajstić information content (AvgIpc) is 2.16. The van der Waals surface area contributed by atoms with E-state index in [1.54, 1.807) is 0 Å². The highest BCUT2D eigenvalue weighted by Gasteiger charge is 2.02. The molecule has 0 spiro atoms. The standard InChI is InChI=1S/C9H12Cl2N2/c1-13(2)9-3-7(5-10)12-8(4-9)6-11/h3-4H,5-6H2,1-2H3. The van der Waals surface area contributed by atoms with E-state index < -0.39 is 0 Å². The van der Waals surface area contributed by atoms with Crippen molar-refractivity contribution >= 4 is 28.9 Å². The molecule has 0 aliphatic carbocycles. The van der Waals surface area contributed by atoms with Gasteiger partial charge in [0.05, 0.1) is 23.1 Å². The van der Waals surface area contributed by atoms with Crippen LogP contribution in [0.25, 0.3) is 0 Å². The molecule has 0 N–H and O–H groups in total. The van der Waals surface area contributed by atoms with E-state index in [0.717, 1.165) is 17.1 Å². The fourth-order valence-corrected chi connectivity index (χ4v) is 1.30. The summed E-state index contributed by atoms with van der Waals surface area (Å²) in [5.74, 6) is 0.844. The Balaban J connectivity index is 3.07. The first kappa shape index (κ1) is 10.6. The Morgan fingerprint density at radius 3 is 1.92 bits per heavy atom. The Morgan fingerprint density at radius 1 is 1.15 bits per heavy atom. The van der Waals surface area contributed by atoms with Crippen LogP contribution in [0.2, 0.25) is 0 Å². The first-order chi connectivity index (χ1) is 6.17. The normalized spacial score (nSPS) is 10.2. The molecule has 0 unspecified atom stereocenters. The van der Waals surface area contributed by atoms with Crippen molar-refractivity contribution in [1.82, 2.24) is 4.98 Å². The van der Waals surface area contributed by atoms with Crippen LogP contribution in [-0.4, -0.2) is 19.1 Å².